The zero-order valence-corrected chi connectivity index (χ0v) is 11.9. The van der Waals surface area contributed by atoms with Crippen LogP contribution in [0.3, 0.4) is 0 Å². The maximum Gasteiger partial charge on any atom is 0.296 e. The predicted octanol–water partition coefficient (Wildman–Crippen LogP) is 3.63. The summed E-state index contributed by atoms with van der Waals surface area (Å²) >= 11 is 0. The first-order chi connectivity index (χ1) is 11.3. The Morgan fingerprint density at radius 1 is 1.04 bits per heavy atom. The SMILES string of the molecule is Fc1cccc(-c2noc(CNc3nc4ccccc4o3)n2)c1. The summed E-state index contributed by atoms with van der Waals surface area (Å²) in [4.78, 5) is 8.50. The van der Waals surface area contributed by atoms with Gasteiger partial charge in [-0.3, -0.25) is 0 Å². The molecule has 0 radical (unpaired) electrons. The molecule has 0 spiro atoms. The van der Waals surface area contributed by atoms with Gasteiger partial charge in [0.2, 0.25) is 11.7 Å². The number of para-hydroxylation sites is 2. The standard InChI is InChI=1S/C16H11FN4O2/c17-11-5-3-4-10(8-11)15-20-14(23-21-15)9-18-16-19-12-6-1-2-7-13(12)22-16/h1-8H,9H2,(H,18,19). The number of nitrogens with one attached hydrogen (secondary N) is 1. The molecule has 1 N–H and O–H groups in total. The van der Waals surface area contributed by atoms with E-state index in [1.807, 2.05) is 24.3 Å². The normalized spacial score (nSPS) is 11.0. The van der Waals surface area contributed by atoms with Gasteiger partial charge in [-0.25, -0.2) is 4.39 Å². The van der Waals surface area contributed by atoms with E-state index in [2.05, 4.69) is 20.4 Å². The predicted molar refractivity (Wildman–Crippen MR) is 81.0 cm³/mol. The molecule has 0 aliphatic rings. The summed E-state index contributed by atoms with van der Waals surface area (Å²) in [7, 11) is 0. The molecule has 114 valence electrons. The van der Waals surface area contributed by atoms with E-state index in [4.69, 9.17) is 8.94 Å². The molecule has 2 aromatic heterocycles. The minimum atomic E-state index is -0.349. The highest BCUT2D eigenvalue weighted by atomic mass is 19.1. The first-order valence-corrected chi connectivity index (χ1v) is 6.96. The van der Waals surface area contributed by atoms with Crippen LogP contribution < -0.4 is 5.32 Å². The largest absolute Gasteiger partial charge is 0.424 e. The summed E-state index contributed by atoms with van der Waals surface area (Å²) in [6.45, 7) is 0.259. The highest BCUT2D eigenvalue weighted by Crippen LogP contribution is 2.20. The number of hydrogen-bond acceptors (Lipinski definition) is 6. The van der Waals surface area contributed by atoms with Crippen LogP contribution in [0.1, 0.15) is 5.89 Å². The fourth-order valence-electron chi connectivity index (χ4n) is 2.17. The molecule has 0 bridgehead atoms. The molecular formula is C16H11FN4O2. The van der Waals surface area contributed by atoms with Crippen LogP contribution in [-0.4, -0.2) is 15.1 Å². The van der Waals surface area contributed by atoms with Crippen LogP contribution in [-0.2, 0) is 6.54 Å². The molecule has 2 heterocycles. The summed E-state index contributed by atoms with van der Waals surface area (Å²) in [6, 6.07) is 13.8. The van der Waals surface area contributed by atoms with Gasteiger partial charge in [0.25, 0.3) is 6.01 Å². The second-order valence-electron chi connectivity index (χ2n) is 4.86. The third kappa shape index (κ3) is 2.76. The number of halogens is 1. The number of benzene rings is 2. The van der Waals surface area contributed by atoms with Gasteiger partial charge in [-0.15, -0.1) is 0 Å². The smallest absolute Gasteiger partial charge is 0.296 e. The van der Waals surface area contributed by atoms with Crippen LogP contribution in [0.15, 0.2) is 57.5 Å². The van der Waals surface area contributed by atoms with Crippen LogP contribution in [0.25, 0.3) is 22.5 Å². The quantitative estimate of drug-likeness (QED) is 0.620. The molecule has 4 rings (SSSR count). The lowest BCUT2D eigenvalue weighted by molar-refractivity contribution is 0.383. The van der Waals surface area contributed by atoms with Crippen molar-refractivity contribution in [2.24, 2.45) is 0 Å². The Labute approximate surface area is 130 Å². The molecule has 0 aliphatic carbocycles. The van der Waals surface area contributed by atoms with Gasteiger partial charge in [0.15, 0.2) is 5.58 Å². The van der Waals surface area contributed by atoms with Crippen LogP contribution in [0.2, 0.25) is 0 Å². The summed E-state index contributed by atoms with van der Waals surface area (Å²) < 4.78 is 23.9. The van der Waals surface area contributed by atoms with Gasteiger partial charge in [0.1, 0.15) is 11.3 Å². The maximum atomic E-state index is 13.2. The Hall–Kier alpha value is -3.22. The third-order valence-electron chi connectivity index (χ3n) is 3.24. The van der Waals surface area contributed by atoms with Crippen molar-refractivity contribution in [2.75, 3.05) is 5.32 Å². The van der Waals surface area contributed by atoms with Crippen LogP contribution in [0.5, 0.6) is 0 Å². The van der Waals surface area contributed by atoms with E-state index in [0.29, 0.717) is 28.9 Å². The van der Waals surface area contributed by atoms with Crippen LogP contribution in [0.4, 0.5) is 10.4 Å². The molecule has 4 aromatic rings. The Morgan fingerprint density at radius 2 is 1.96 bits per heavy atom. The summed E-state index contributed by atoms with van der Waals surface area (Å²) in [5.41, 5.74) is 2.02. The van der Waals surface area contributed by atoms with Crippen molar-refractivity contribution in [1.82, 2.24) is 15.1 Å². The molecule has 2 aromatic carbocycles. The summed E-state index contributed by atoms with van der Waals surface area (Å²) in [6.07, 6.45) is 0. The topological polar surface area (TPSA) is 77.0 Å². The summed E-state index contributed by atoms with van der Waals surface area (Å²) in [5, 5.41) is 6.82. The average molecular weight is 310 g/mol. The molecule has 0 saturated carbocycles. The lowest BCUT2D eigenvalue weighted by Crippen LogP contribution is -1.99. The fraction of sp³-hybridized carbons (Fsp3) is 0.0625. The second kappa shape index (κ2) is 5.53. The van der Waals surface area contributed by atoms with Gasteiger partial charge in [-0.2, -0.15) is 9.97 Å². The zero-order chi connectivity index (χ0) is 15.6. The molecule has 6 nitrogen and oxygen atoms in total. The van der Waals surface area contributed by atoms with Gasteiger partial charge in [-0.1, -0.05) is 29.4 Å². The number of nitrogens with zero attached hydrogens (tertiary/aromatic N) is 3. The molecule has 0 fully saturated rings. The second-order valence-corrected chi connectivity index (χ2v) is 4.86. The maximum absolute atomic E-state index is 13.2. The van der Waals surface area contributed by atoms with Gasteiger partial charge in [0, 0.05) is 5.56 Å². The number of aromatic nitrogens is 3. The highest BCUT2D eigenvalue weighted by molar-refractivity contribution is 5.74. The van der Waals surface area contributed by atoms with Crippen molar-refractivity contribution < 1.29 is 13.3 Å². The fourth-order valence-corrected chi connectivity index (χ4v) is 2.17. The number of anilines is 1. The van der Waals surface area contributed by atoms with Crippen molar-refractivity contribution in [3.63, 3.8) is 0 Å². The van der Waals surface area contributed by atoms with Gasteiger partial charge >= 0.3 is 0 Å². The molecule has 0 atom stereocenters. The average Bonchev–Trinajstić information content (AvgIpc) is 3.19. The number of fused-ring (bicyclic) bond motifs is 1. The minimum Gasteiger partial charge on any atom is -0.424 e. The lowest BCUT2D eigenvalue weighted by atomic mass is 10.2. The number of oxazole rings is 1. The van der Waals surface area contributed by atoms with E-state index in [0.717, 1.165) is 5.52 Å². The Bertz CT molecular complexity index is 930. The molecule has 0 aliphatic heterocycles. The highest BCUT2D eigenvalue weighted by Gasteiger charge is 2.11. The first kappa shape index (κ1) is 13.4. The molecule has 23 heavy (non-hydrogen) atoms. The third-order valence-corrected chi connectivity index (χ3v) is 3.24. The minimum absolute atomic E-state index is 0.259. The van der Waals surface area contributed by atoms with E-state index in [9.17, 15) is 4.39 Å². The summed E-state index contributed by atoms with van der Waals surface area (Å²) in [5.74, 6) is 0.337. The Balaban J connectivity index is 1.49. The van der Waals surface area contributed by atoms with Crippen molar-refractivity contribution in [2.45, 2.75) is 6.54 Å². The van der Waals surface area contributed by atoms with Crippen molar-refractivity contribution in [3.05, 3.63) is 60.2 Å². The van der Waals surface area contributed by atoms with Crippen molar-refractivity contribution in [3.8, 4) is 11.4 Å². The number of rotatable bonds is 4. The van der Waals surface area contributed by atoms with Gasteiger partial charge in [0.05, 0.1) is 6.54 Å². The number of hydrogen-bond donors (Lipinski definition) is 1. The molecule has 7 heteroatoms. The molecule has 0 unspecified atom stereocenters. The van der Waals surface area contributed by atoms with E-state index >= 15 is 0 Å². The Kier molecular flexibility index (Phi) is 3.23. The van der Waals surface area contributed by atoms with Gasteiger partial charge < -0.3 is 14.3 Å². The molecular weight excluding hydrogens is 299 g/mol. The van der Waals surface area contributed by atoms with Crippen LogP contribution >= 0.6 is 0 Å². The van der Waals surface area contributed by atoms with E-state index in [-0.39, 0.29) is 12.4 Å². The van der Waals surface area contributed by atoms with Crippen molar-refractivity contribution >= 4 is 17.1 Å². The lowest BCUT2D eigenvalue weighted by Gasteiger charge is -1.95. The van der Waals surface area contributed by atoms with E-state index in [1.54, 1.807) is 12.1 Å². The van der Waals surface area contributed by atoms with Gasteiger partial charge in [-0.05, 0) is 24.3 Å². The molecule has 0 saturated heterocycles. The van der Waals surface area contributed by atoms with Crippen LogP contribution in [0, 0.1) is 5.82 Å². The van der Waals surface area contributed by atoms with E-state index in [1.165, 1.54) is 12.1 Å². The van der Waals surface area contributed by atoms with Crippen molar-refractivity contribution in [1.29, 1.82) is 0 Å². The first-order valence-electron chi connectivity index (χ1n) is 6.96. The Morgan fingerprint density at radius 3 is 2.83 bits per heavy atom. The zero-order valence-electron chi connectivity index (χ0n) is 11.9. The monoisotopic (exact) mass is 310 g/mol. The molecule has 0 amide bonds. The van der Waals surface area contributed by atoms with E-state index < -0.39 is 0 Å².